The van der Waals surface area contributed by atoms with Gasteiger partial charge in [0, 0.05) is 31.8 Å². The van der Waals surface area contributed by atoms with Gasteiger partial charge in [-0.2, -0.15) is 0 Å². The molecule has 33 heavy (non-hydrogen) atoms. The summed E-state index contributed by atoms with van der Waals surface area (Å²) in [5, 5.41) is 5.04. The summed E-state index contributed by atoms with van der Waals surface area (Å²) in [6.45, 7) is 2.58. The molecular formula is C22H22ClF4N5O. The lowest BCUT2D eigenvalue weighted by atomic mass is 10.0. The maximum absolute atomic E-state index is 15.0. The van der Waals surface area contributed by atoms with E-state index in [0.29, 0.717) is 19.2 Å². The second-order valence-electron chi connectivity index (χ2n) is 7.31. The lowest BCUT2D eigenvalue weighted by Gasteiger charge is -2.23. The van der Waals surface area contributed by atoms with Crippen LogP contribution >= 0.6 is 11.6 Å². The second-order valence-corrected chi connectivity index (χ2v) is 7.67. The Hall–Kier alpha value is -2.98. The number of ether oxygens (including phenoxy) is 1. The van der Waals surface area contributed by atoms with Gasteiger partial charge in [-0.25, -0.2) is 27.5 Å². The fraction of sp³-hybridized carbons (Fsp3) is 0.318. The van der Waals surface area contributed by atoms with Gasteiger partial charge >= 0.3 is 0 Å². The third kappa shape index (κ3) is 5.88. The van der Waals surface area contributed by atoms with Crippen molar-refractivity contribution in [2.75, 3.05) is 25.5 Å². The van der Waals surface area contributed by atoms with E-state index < -0.39 is 29.2 Å². The number of aromatic nitrogens is 3. The van der Waals surface area contributed by atoms with Crippen molar-refractivity contribution in [2.24, 2.45) is 0 Å². The third-order valence-corrected chi connectivity index (χ3v) is 5.03. The van der Waals surface area contributed by atoms with E-state index in [1.54, 1.807) is 25.2 Å². The predicted octanol–water partition coefficient (Wildman–Crippen LogP) is 5.19. The standard InChI is InChI=1S/C22H22ClF4N5O/c1-12(22(2,26)27)30-21-18(19(23)31-20(32-21)16-6-4-5-7-29-16)17-14(24)10-13(11-15(17)25)33-9-8-28-3/h4-7,10-12,28H,8-9H2,1-3H3,(H,30,31,32). The van der Waals surface area contributed by atoms with Gasteiger partial charge in [0.1, 0.15) is 40.7 Å². The van der Waals surface area contributed by atoms with Crippen molar-refractivity contribution in [3.8, 4) is 28.4 Å². The highest BCUT2D eigenvalue weighted by Crippen LogP contribution is 2.39. The van der Waals surface area contributed by atoms with Crippen LogP contribution in [0.5, 0.6) is 5.75 Å². The number of anilines is 1. The maximum atomic E-state index is 15.0. The fourth-order valence-corrected chi connectivity index (χ4v) is 3.11. The highest BCUT2D eigenvalue weighted by atomic mass is 35.5. The molecule has 0 aliphatic heterocycles. The number of pyridine rings is 1. The van der Waals surface area contributed by atoms with Crippen molar-refractivity contribution in [1.29, 1.82) is 0 Å². The Morgan fingerprint density at radius 3 is 2.39 bits per heavy atom. The number of nitrogens with zero attached hydrogens (tertiary/aromatic N) is 3. The molecule has 2 aromatic heterocycles. The molecule has 3 aromatic rings. The van der Waals surface area contributed by atoms with E-state index in [9.17, 15) is 8.78 Å². The number of likely N-dealkylation sites (N-methyl/N-ethyl adjacent to an activating group) is 1. The Morgan fingerprint density at radius 2 is 1.82 bits per heavy atom. The number of nitrogens with one attached hydrogen (secondary N) is 2. The van der Waals surface area contributed by atoms with Crippen molar-refractivity contribution in [2.45, 2.75) is 25.8 Å². The molecule has 1 aromatic carbocycles. The molecule has 6 nitrogen and oxygen atoms in total. The highest BCUT2D eigenvalue weighted by molar-refractivity contribution is 6.32. The molecule has 176 valence electrons. The summed E-state index contributed by atoms with van der Waals surface area (Å²) in [6.07, 6.45) is 1.49. The average Bonchev–Trinajstić information content (AvgIpc) is 2.75. The van der Waals surface area contributed by atoms with Crippen LogP contribution in [0.2, 0.25) is 5.15 Å². The Labute approximate surface area is 193 Å². The normalized spacial score (nSPS) is 12.5. The minimum atomic E-state index is -3.16. The van der Waals surface area contributed by atoms with Gasteiger partial charge in [-0.3, -0.25) is 4.98 Å². The number of alkyl halides is 2. The molecule has 1 unspecified atom stereocenters. The van der Waals surface area contributed by atoms with Crippen LogP contribution in [-0.2, 0) is 0 Å². The summed E-state index contributed by atoms with van der Waals surface area (Å²) in [5.41, 5.74) is -0.550. The molecular weight excluding hydrogens is 462 g/mol. The van der Waals surface area contributed by atoms with E-state index in [0.717, 1.165) is 12.1 Å². The largest absolute Gasteiger partial charge is 0.492 e. The molecule has 0 spiro atoms. The van der Waals surface area contributed by atoms with Crippen LogP contribution in [0.4, 0.5) is 23.4 Å². The van der Waals surface area contributed by atoms with Crippen LogP contribution < -0.4 is 15.4 Å². The van der Waals surface area contributed by atoms with Crippen molar-refractivity contribution in [3.63, 3.8) is 0 Å². The Bertz CT molecular complexity index is 1090. The lowest BCUT2D eigenvalue weighted by molar-refractivity contribution is 0.00690. The molecule has 2 N–H and O–H groups in total. The molecule has 11 heteroatoms. The summed E-state index contributed by atoms with van der Waals surface area (Å²) in [7, 11) is 1.71. The number of benzene rings is 1. The molecule has 0 radical (unpaired) electrons. The van der Waals surface area contributed by atoms with Gasteiger partial charge < -0.3 is 15.4 Å². The topological polar surface area (TPSA) is 72.0 Å². The Morgan fingerprint density at radius 1 is 1.12 bits per heavy atom. The number of hydrogen-bond acceptors (Lipinski definition) is 6. The summed E-state index contributed by atoms with van der Waals surface area (Å²) in [4.78, 5) is 12.4. The Balaban J connectivity index is 2.14. The van der Waals surface area contributed by atoms with E-state index >= 15 is 8.78 Å². The molecule has 0 saturated carbocycles. The minimum Gasteiger partial charge on any atom is -0.492 e. The molecule has 2 heterocycles. The number of hydrogen-bond donors (Lipinski definition) is 2. The van der Waals surface area contributed by atoms with Crippen molar-refractivity contribution < 1.29 is 22.3 Å². The molecule has 3 rings (SSSR count). The highest BCUT2D eigenvalue weighted by Gasteiger charge is 2.32. The molecule has 0 amide bonds. The van der Waals surface area contributed by atoms with Crippen molar-refractivity contribution in [3.05, 3.63) is 53.3 Å². The van der Waals surface area contributed by atoms with Crippen LogP contribution in [0, 0.1) is 11.6 Å². The van der Waals surface area contributed by atoms with Gasteiger partial charge in [0.2, 0.25) is 0 Å². The molecule has 0 saturated heterocycles. The van der Waals surface area contributed by atoms with E-state index in [1.807, 2.05) is 0 Å². The van der Waals surface area contributed by atoms with Crippen LogP contribution in [0.3, 0.4) is 0 Å². The van der Waals surface area contributed by atoms with Crippen molar-refractivity contribution >= 4 is 17.4 Å². The van der Waals surface area contributed by atoms with Gasteiger partial charge in [-0.05, 0) is 26.1 Å². The maximum Gasteiger partial charge on any atom is 0.264 e. The summed E-state index contributed by atoms with van der Waals surface area (Å²) >= 11 is 6.32. The zero-order chi connectivity index (χ0) is 24.2. The number of halogens is 5. The molecule has 0 bridgehead atoms. The first-order chi connectivity index (χ1) is 15.6. The smallest absolute Gasteiger partial charge is 0.264 e. The van der Waals surface area contributed by atoms with Crippen LogP contribution in [-0.4, -0.2) is 47.1 Å². The summed E-state index contributed by atoms with van der Waals surface area (Å²) in [5.74, 6) is -5.47. The number of rotatable bonds is 9. The SMILES string of the molecule is CNCCOc1cc(F)c(-c2c(Cl)nc(-c3ccccn3)nc2NC(C)C(C)(F)F)c(F)c1. The first-order valence-electron chi connectivity index (χ1n) is 10.0. The van der Waals surface area contributed by atoms with E-state index in [1.165, 1.54) is 13.1 Å². The average molecular weight is 484 g/mol. The zero-order valence-corrected chi connectivity index (χ0v) is 18.9. The molecule has 1 atom stereocenters. The second kappa shape index (κ2) is 10.3. The Kier molecular flexibility index (Phi) is 7.70. The van der Waals surface area contributed by atoms with Gasteiger partial charge in [0.25, 0.3) is 5.92 Å². The summed E-state index contributed by atoms with van der Waals surface area (Å²) < 4.78 is 63.2. The van der Waals surface area contributed by atoms with E-state index in [2.05, 4.69) is 25.6 Å². The monoisotopic (exact) mass is 483 g/mol. The van der Waals surface area contributed by atoms with Crippen LogP contribution in [0.25, 0.3) is 22.6 Å². The van der Waals surface area contributed by atoms with Crippen LogP contribution in [0.1, 0.15) is 13.8 Å². The predicted molar refractivity (Wildman–Crippen MR) is 119 cm³/mol. The molecule has 0 aliphatic carbocycles. The van der Waals surface area contributed by atoms with Gasteiger partial charge in [-0.15, -0.1) is 0 Å². The molecule has 0 aliphatic rings. The lowest BCUT2D eigenvalue weighted by Crippen LogP contribution is -2.35. The van der Waals surface area contributed by atoms with E-state index in [-0.39, 0.29) is 34.7 Å². The fourth-order valence-electron chi connectivity index (χ4n) is 2.84. The van der Waals surface area contributed by atoms with Crippen LogP contribution in [0.15, 0.2) is 36.5 Å². The van der Waals surface area contributed by atoms with Crippen molar-refractivity contribution in [1.82, 2.24) is 20.3 Å². The molecule has 0 fully saturated rings. The quantitative estimate of drug-likeness (QED) is 0.248. The summed E-state index contributed by atoms with van der Waals surface area (Å²) in [6, 6.07) is 5.47. The zero-order valence-electron chi connectivity index (χ0n) is 18.1. The van der Waals surface area contributed by atoms with E-state index in [4.69, 9.17) is 16.3 Å². The van der Waals surface area contributed by atoms with Gasteiger partial charge in [-0.1, -0.05) is 17.7 Å². The van der Waals surface area contributed by atoms with Gasteiger partial charge in [0.05, 0.1) is 17.2 Å². The minimum absolute atomic E-state index is 0.00584. The third-order valence-electron chi connectivity index (χ3n) is 4.76. The van der Waals surface area contributed by atoms with Gasteiger partial charge in [0.15, 0.2) is 5.82 Å². The first-order valence-corrected chi connectivity index (χ1v) is 10.4. The first kappa shape index (κ1) is 24.7.